The zero-order valence-corrected chi connectivity index (χ0v) is 8.65. The molecular weight excluding hydrogens is 216 g/mol. The van der Waals surface area contributed by atoms with Crippen LogP contribution in [0.25, 0.3) is 11.2 Å². The summed E-state index contributed by atoms with van der Waals surface area (Å²) in [5, 5.41) is 1.07. The van der Waals surface area contributed by atoms with Gasteiger partial charge in [-0.25, -0.2) is 0 Å². The number of benzene rings is 1. The fourth-order valence-corrected chi connectivity index (χ4v) is 1.86. The molecule has 1 nitrogen and oxygen atoms in total. The predicted molar refractivity (Wildman–Crippen MR) is 54.3 cm³/mol. The fraction of sp³-hybridized carbons (Fsp3) is 0.400. The van der Waals surface area contributed by atoms with Crippen LogP contribution in [0.5, 0.6) is 0 Å². The zero-order chi connectivity index (χ0) is 8.55. The van der Waals surface area contributed by atoms with E-state index in [0.29, 0.717) is 0 Å². The van der Waals surface area contributed by atoms with Crippen LogP contribution in [0, 0.1) is 6.92 Å². The molecule has 0 aliphatic rings. The quantitative estimate of drug-likeness (QED) is 0.731. The molecule has 0 radical (unpaired) electrons. The van der Waals surface area contributed by atoms with Gasteiger partial charge in [0.1, 0.15) is 11.2 Å². The molecule has 0 saturated carbocycles. The average Bonchev–Trinajstić information content (AvgIpc) is 2.58. The number of halogens is 1. The number of fused-ring (bicyclic) bond motifs is 2. The van der Waals surface area contributed by atoms with Crippen LogP contribution in [0.1, 0.15) is 17.5 Å². The van der Waals surface area contributed by atoms with Crippen molar-refractivity contribution in [3.05, 3.63) is 23.3 Å². The first-order valence-electron chi connectivity index (χ1n) is 4.18. The van der Waals surface area contributed by atoms with Crippen LogP contribution in [0.3, 0.4) is 0 Å². The molecule has 0 amide bonds. The van der Waals surface area contributed by atoms with E-state index in [2.05, 4.69) is 35.0 Å². The number of aryl methyl sites for hydroxylation is 2. The van der Waals surface area contributed by atoms with Crippen molar-refractivity contribution < 1.29 is 4.42 Å². The molecule has 0 fully saturated rings. The van der Waals surface area contributed by atoms with E-state index in [1.54, 1.807) is 0 Å². The van der Waals surface area contributed by atoms with E-state index in [1.165, 1.54) is 17.5 Å². The molecule has 2 aromatic heterocycles. The second-order valence-corrected chi connectivity index (χ2v) is 3.92. The van der Waals surface area contributed by atoms with Crippen LogP contribution in [0.4, 0.5) is 0 Å². The number of rotatable bonds is 3. The van der Waals surface area contributed by atoms with Gasteiger partial charge in [0.25, 0.3) is 0 Å². The third-order valence-corrected chi connectivity index (χ3v) is 2.69. The molecule has 2 aromatic rings. The monoisotopic (exact) mass is 226 g/mol. The highest BCUT2D eigenvalue weighted by Gasteiger charge is 2.09. The largest absolute Gasteiger partial charge is 0.457 e. The van der Waals surface area contributed by atoms with E-state index in [9.17, 15) is 0 Å². The predicted octanol–water partition coefficient (Wildman–Crippen LogP) is 3.51. The molecule has 0 aliphatic heterocycles. The number of alkyl halides is 1. The van der Waals surface area contributed by atoms with Gasteiger partial charge < -0.3 is 4.42 Å². The van der Waals surface area contributed by atoms with Crippen molar-refractivity contribution in [2.45, 2.75) is 19.8 Å². The van der Waals surface area contributed by atoms with Gasteiger partial charge >= 0.3 is 0 Å². The van der Waals surface area contributed by atoms with Crippen molar-refractivity contribution in [3.8, 4) is 0 Å². The van der Waals surface area contributed by atoms with E-state index in [1.807, 2.05) is 0 Å². The van der Waals surface area contributed by atoms with E-state index < -0.39 is 0 Å². The highest BCUT2D eigenvalue weighted by atomic mass is 79.9. The van der Waals surface area contributed by atoms with Crippen molar-refractivity contribution in [1.82, 2.24) is 0 Å². The van der Waals surface area contributed by atoms with Crippen LogP contribution in [-0.2, 0) is 6.42 Å². The number of furan rings is 2. The van der Waals surface area contributed by atoms with Crippen LogP contribution >= 0.6 is 15.9 Å². The van der Waals surface area contributed by atoms with Crippen molar-refractivity contribution in [1.29, 1.82) is 0 Å². The standard InChI is InChI=1S/C10H11BrO/c1-7-5-9-6-8(3-2-4-11)10(7)12-9/h5-6H,2-4H2,1H3. The minimum absolute atomic E-state index is 1.02. The van der Waals surface area contributed by atoms with Crippen molar-refractivity contribution in [2.75, 3.05) is 5.33 Å². The summed E-state index contributed by atoms with van der Waals surface area (Å²) < 4.78 is 5.53. The summed E-state index contributed by atoms with van der Waals surface area (Å²) in [6.07, 6.45) is 2.30. The molecule has 2 bridgehead atoms. The fourth-order valence-electron chi connectivity index (χ4n) is 1.58. The lowest BCUT2D eigenvalue weighted by Crippen LogP contribution is -1.85. The summed E-state index contributed by atoms with van der Waals surface area (Å²) in [4.78, 5) is 0. The van der Waals surface area contributed by atoms with E-state index in [4.69, 9.17) is 4.42 Å². The first kappa shape index (κ1) is 8.11. The molecule has 0 saturated heterocycles. The lowest BCUT2D eigenvalue weighted by molar-refractivity contribution is 0.670. The molecule has 12 heavy (non-hydrogen) atoms. The lowest BCUT2D eigenvalue weighted by atomic mass is 10.1. The molecule has 2 heterocycles. The van der Waals surface area contributed by atoms with Gasteiger partial charge in [-0.3, -0.25) is 0 Å². The lowest BCUT2D eigenvalue weighted by Gasteiger charge is -1.95. The Labute approximate surface area is 80.2 Å². The van der Waals surface area contributed by atoms with E-state index in [-0.39, 0.29) is 0 Å². The molecule has 0 unspecified atom stereocenters. The number of hydrogen-bond acceptors (Lipinski definition) is 1. The Morgan fingerprint density at radius 1 is 1.42 bits per heavy atom. The second-order valence-electron chi connectivity index (χ2n) is 3.12. The van der Waals surface area contributed by atoms with Gasteiger partial charge in [0, 0.05) is 5.33 Å². The van der Waals surface area contributed by atoms with Crippen LogP contribution in [-0.4, -0.2) is 5.33 Å². The Kier molecular flexibility index (Phi) is 2.09. The van der Waals surface area contributed by atoms with Crippen LogP contribution in [0.2, 0.25) is 0 Å². The summed E-state index contributed by atoms with van der Waals surface area (Å²) in [6.45, 7) is 2.10. The van der Waals surface area contributed by atoms with E-state index in [0.717, 1.165) is 22.9 Å². The first-order valence-corrected chi connectivity index (χ1v) is 5.31. The third-order valence-electron chi connectivity index (χ3n) is 2.12. The molecule has 0 N–H and O–H groups in total. The summed E-state index contributed by atoms with van der Waals surface area (Å²) >= 11 is 3.43. The van der Waals surface area contributed by atoms with Crippen LogP contribution < -0.4 is 0 Å². The Balaban J connectivity index is 2.27. The van der Waals surface area contributed by atoms with Crippen molar-refractivity contribution in [3.63, 3.8) is 0 Å². The molecule has 64 valence electrons. The van der Waals surface area contributed by atoms with Crippen molar-refractivity contribution >= 4 is 27.1 Å². The minimum atomic E-state index is 1.02. The Morgan fingerprint density at radius 2 is 2.25 bits per heavy atom. The Hall–Kier alpha value is -0.500. The highest BCUT2D eigenvalue weighted by molar-refractivity contribution is 9.09. The second kappa shape index (κ2) is 3.09. The first-order chi connectivity index (χ1) is 5.81. The normalized spacial score (nSPS) is 11.5. The summed E-state index contributed by atoms with van der Waals surface area (Å²) in [7, 11) is 0. The van der Waals surface area contributed by atoms with Gasteiger partial charge in [-0.2, -0.15) is 0 Å². The SMILES string of the molecule is Cc1cc2cc(CCCBr)c1o2. The molecular formula is C10H11BrO. The highest BCUT2D eigenvalue weighted by Crippen LogP contribution is 2.27. The van der Waals surface area contributed by atoms with Crippen molar-refractivity contribution in [2.24, 2.45) is 0 Å². The van der Waals surface area contributed by atoms with Gasteiger partial charge in [-0.1, -0.05) is 15.9 Å². The Bertz CT molecular complexity index is 364. The molecule has 0 aliphatic carbocycles. The van der Waals surface area contributed by atoms with Gasteiger partial charge in [0.05, 0.1) is 0 Å². The van der Waals surface area contributed by atoms with Gasteiger partial charge in [-0.15, -0.1) is 0 Å². The molecule has 2 rings (SSSR count). The number of hydrogen-bond donors (Lipinski definition) is 0. The molecule has 2 heteroatoms. The summed E-state index contributed by atoms with van der Waals surface area (Å²) in [6, 6.07) is 4.23. The molecule has 0 spiro atoms. The maximum atomic E-state index is 5.53. The maximum Gasteiger partial charge on any atom is 0.133 e. The average molecular weight is 227 g/mol. The smallest absolute Gasteiger partial charge is 0.133 e. The van der Waals surface area contributed by atoms with Gasteiger partial charge in [0.2, 0.25) is 0 Å². The maximum absolute atomic E-state index is 5.53. The van der Waals surface area contributed by atoms with Gasteiger partial charge in [0.15, 0.2) is 0 Å². The van der Waals surface area contributed by atoms with Gasteiger partial charge in [-0.05, 0) is 43.0 Å². The summed E-state index contributed by atoms with van der Waals surface area (Å²) in [5.41, 5.74) is 4.76. The van der Waals surface area contributed by atoms with Crippen LogP contribution in [0.15, 0.2) is 16.5 Å². The minimum Gasteiger partial charge on any atom is -0.457 e. The third kappa shape index (κ3) is 1.24. The summed E-state index contributed by atoms with van der Waals surface area (Å²) in [5.74, 6) is 0. The zero-order valence-electron chi connectivity index (χ0n) is 7.06. The van der Waals surface area contributed by atoms with E-state index >= 15 is 0 Å². The molecule has 0 aromatic carbocycles. The molecule has 0 atom stereocenters. The Morgan fingerprint density at radius 3 is 2.83 bits per heavy atom. The topological polar surface area (TPSA) is 13.1 Å².